The fourth-order valence-corrected chi connectivity index (χ4v) is 2.65. The summed E-state index contributed by atoms with van der Waals surface area (Å²) in [6.45, 7) is 4.01. The minimum Gasteiger partial charge on any atom is -0.457 e. The van der Waals surface area contributed by atoms with Crippen LogP contribution < -0.4 is 10.1 Å². The summed E-state index contributed by atoms with van der Waals surface area (Å²) in [5.74, 6) is 0.326. The number of amides is 1. The van der Waals surface area contributed by atoms with E-state index in [-0.39, 0.29) is 29.5 Å². The summed E-state index contributed by atoms with van der Waals surface area (Å²) in [5, 5.41) is 18.0. The molecule has 1 N–H and O–H groups in total. The number of nitro benzene ring substituents is 1. The van der Waals surface area contributed by atoms with Crippen molar-refractivity contribution < 1.29 is 19.2 Å². The monoisotopic (exact) mass is 396 g/mol. The van der Waals surface area contributed by atoms with Gasteiger partial charge < -0.3 is 14.8 Å². The smallest absolute Gasteiger partial charge is 0.276 e. The first-order valence-corrected chi connectivity index (χ1v) is 8.74. The van der Waals surface area contributed by atoms with E-state index in [1.807, 2.05) is 32.0 Å². The van der Waals surface area contributed by atoms with E-state index in [2.05, 4.69) is 10.4 Å². The number of anilines is 1. The Morgan fingerprint density at radius 3 is 2.72 bits per heavy atom. The van der Waals surface area contributed by atoms with Crippen LogP contribution in [0.2, 0.25) is 0 Å². The number of rotatable bonds is 7. The van der Waals surface area contributed by atoms with Crippen LogP contribution in [0, 0.1) is 24.0 Å². The highest BCUT2D eigenvalue weighted by Gasteiger charge is 2.16. The fraction of sp³-hybridized carbons (Fsp3) is 0.200. The summed E-state index contributed by atoms with van der Waals surface area (Å²) in [7, 11) is 1.52. The number of carbonyl (C=O) groups is 1. The van der Waals surface area contributed by atoms with Gasteiger partial charge in [0.15, 0.2) is 5.69 Å². The Morgan fingerprint density at radius 1 is 1.21 bits per heavy atom. The lowest BCUT2D eigenvalue weighted by molar-refractivity contribution is -0.384. The number of aryl methyl sites for hydroxylation is 2. The molecule has 2 aromatic carbocycles. The molecule has 0 spiro atoms. The third kappa shape index (κ3) is 4.96. The van der Waals surface area contributed by atoms with Gasteiger partial charge in [-0.05, 0) is 37.1 Å². The summed E-state index contributed by atoms with van der Waals surface area (Å²) in [6, 6.07) is 11.3. The van der Waals surface area contributed by atoms with Gasteiger partial charge >= 0.3 is 0 Å². The molecule has 150 valence electrons. The van der Waals surface area contributed by atoms with Crippen molar-refractivity contribution in [1.82, 2.24) is 9.78 Å². The standard InChI is InChI=1S/C20H20N4O5/c1-13-4-5-14(2)19(8-13)29-17-10-15(9-16(11-17)24(26)27)21-20(25)18-6-7-23(22-18)12-28-3/h4-11H,12H2,1-3H3,(H,21,25). The van der Waals surface area contributed by atoms with Crippen LogP contribution in [0.5, 0.6) is 11.5 Å². The van der Waals surface area contributed by atoms with Gasteiger partial charge in [0.05, 0.1) is 16.7 Å². The Balaban J connectivity index is 1.87. The van der Waals surface area contributed by atoms with E-state index in [1.165, 1.54) is 36.1 Å². The Hall–Kier alpha value is -3.72. The van der Waals surface area contributed by atoms with Crippen LogP contribution in [0.1, 0.15) is 21.6 Å². The van der Waals surface area contributed by atoms with Gasteiger partial charge in [-0.1, -0.05) is 12.1 Å². The summed E-state index contributed by atoms with van der Waals surface area (Å²) in [5.41, 5.74) is 2.07. The lowest BCUT2D eigenvalue weighted by Gasteiger charge is -2.11. The number of benzene rings is 2. The molecule has 0 aliphatic heterocycles. The van der Waals surface area contributed by atoms with Crippen molar-refractivity contribution in [2.45, 2.75) is 20.6 Å². The first kappa shape index (κ1) is 20.0. The highest BCUT2D eigenvalue weighted by molar-refractivity contribution is 6.03. The van der Waals surface area contributed by atoms with Crippen LogP contribution in [-0.2, 0) is 11.5 Å². The molecule has 1 heterocycles. The Bertz CT molecular complexity index is 1060. The van der Waals surface area contributed by atoms with Gasteiger partial charge in [0.2, 0.25) is 0 Å². The molecule has 1 aromatic heterocycles. The number of aromatic nitrogens is 2. The van der Waals surface area contributed by atoms with Crippen LogP contribution in [0.3, 0.4) is 0 Å². The predicted molar refractivity (Wildman–Crippen MR) is 106 cm³/mol. The number of ether oxygens (including phenoxy) is 2. The van der Waals surface area contributed by atoms with Crippen LogP contribution in [-0.4, -0.2) is 27.7 Å². The molecule has 0 unspecified atom stereocenters. The average Bonchev–Trinajstić information content (AvgIpc) is 3.14. The second kappa shape index (κ2) is 8.53. The van der Waals surface area contributed by atoms with Gasteiger partial charge in [-0.15, -0.1) is 0 Å². The van der Waals surface area contributed by atoms with E-state index in [0.29, 0.717) is 5.75 Å². The fourth-order valence-electron chi connectivity index (χ4n) is 2.65. The van der Waals surface area contributed by atoms with Gasteiger partial charge in [0.1, 0.15) is 18.2 Å². The third-order valence-electron chi connectivity index (χ3n) is 4.07. The number of non-ortho nitro benzene ring substituents is 1. The molecule has 1 amide bonds. The second-order valence-corrected chi connectivity index (χ2v) is 6.46. The number of nitro groups is 1. The van der Waals surface area contributed by atoms with E-state index < -0.39 is 10.8 Å². The summed E-state index contributed by atoms with van der Waals surface area (Å²) in [6.07, 6.45) is 1.60. The number of hydrogen-bond acceptors (Lipinski definition) is 6. The average molecular weight is 396 g/mol. The topological polar surface area (TPSA) is 109 Å². The van der Waals surface area contributed by atoms with E-state index in [0.717, 1.165) is 11.1 Å². The lowest BCUT2D eigenvalue weighted by atomic mass is 10.1. The molecule has 0 saturated carbocycles. The molecule has 9 heteroatoms. The van der Waals surface area contributed by atoms with Crippen molar-refractivity contribution in [2.75, 3.05) is 12.4 Å². The molecule has 0 bridgehead atoms. The molecule has 3 aromatic rings. The van der Waals surface area contributed by atoms with Gasteiger partial charge in [0.25, 0.3) is 11.6 Å². The van der Waals surface area contributed by atoms with Crippen molar-refractivity contribution in [3.8, 4) is 11.5 Å². The number of methoxy groups -OCH3 is 1. The molecule has 29 heavy (non-hydrogen) atoms. The van der Waals surface area contributed by atoms with Crippen molar-refractivity contribution in [1.29, 1.82) is 0 Å². The summed E-state index contributed by atoms with van der Waals surface area (Å²) in [4.78, 5) is 23.2. The molecular formula is C20H20N4O5. The summed E-state index contributed by atoms with van der Waals surface area (Å²) < 4.78 is 12.3. The molecule has 3 rings (SSSR count). The van der Waals surface area contributed by atoms with Crippen molar-refractivity contribution in [3.63, 3.8) is 0 Å². The zero-order valence-electron chi connectivity index (χ0n) is 16.2. The van der Waals surface area contributed by atoms with E-state index >= 15 is 0 Å². The normalized spacial score (nSPS) is 10.6. The highest BCUT2D eigenvalue weighted by atomic mass is 16.6. The van der Waals surface area contributed by atoms with Crippen LogP contribution in [0.15, 0.2) is 48.7 Å². The molecule has 0 fully saturated rings. The van der Waals surface area contributed by atoms with Gasteiger partial charge in [-0.2, -0.15) is 5.10 Å². The van der Waals surface area contributed by atoms with Gasteiger partial charge in [0, 0.05) is 25.4 Å². The largest absolute Gasteiger partial charge is 0.457 e. The molecule has 9 nitrogen and oxygen atoms in total. The van der Waals surface area contributed by atoms with Crippen LogP contribution in [0.25, 0.3) is 0 Å². The predicted octanol–water partition coefficient (Wildman–Crippen LogP) is 4.06. The van der Waals surface area contributed by atoms with Gasteiger partial charge in [-0.25, -0.2) is 4.68 Å². The van der Waals surface area contributed by atoms with Crippen LogP contribution >= 0.6 is 0 Å². The number of nitrogens with one attached hydrogen (secondary N) is 1. The zero-order chi connectivity index (χ0) is 21.0. The van der Waals surface area contributed by atoms with Gasteiger partial charge in [-0.3, -0.25) is 14.9 Å². The molecule has 0 atom stereocenters. The van der Waals surface area contributed by atoms with Crippen molar-refractivity contribution in [3.05, 3.63) is 75.6 Å². The van der Waals surface area contributed by atoms with Crippen LogP contribution in [0.4, 0.5) is 11.4 Å². The third-order valence-corrected chi connectivity index (χ3v) is 4.07. The molecule has 0 aliphatic rings. The second-order valence-electron chi connectivity index (χ2n) is 6.46. The minimum atomic E-state index is -0.543. The number of carbonyl (C=O) groups excluding carboxylic acids is 1. The maximum atomic E-state index is 12.4. The SMILES string of the molecule is COCn1ccc(C(=O)Nc2cc(Oc3cc(C)ccc3C)cc([N+](=O)[O-])c2)n1. The zero-order valence-corrected chi connectivity index (χ0v) is 16.2. The maximum Gasteiger partial charge on any atom is 0.276 e. The van der Waals surface area contributed by atoms with Crippen molar-refractivity contribution >= 4 is 17.3 Å². The van der Waals surface area contributed by atoms with E-state index in [4.69, 9.17) is 9.47 Å². The molecular weight excluding hydrogens is 376 g/mol. The summed E-state index contributed by atoms with van der Waals surface area (Å²) >= 11 is 0. The van der Waals surface area contributed by atoms with E-state index in [9.17, 15) is 14.9 Å². The number of hydrogen-bond donors (Lipinski definition) is 1. The Labute approximate surface area is 167 Å². The first-order chi connectivity index (χ1) is 13.9. The Kier molecular flexibility index (Phi) is 5.89. The molecule has 0 radical (unpaired) electrons. The lowest BCUT2D eigenvalue weighted by Crippen LogP contribution is -2.14. The molecule has 0 aliphatic carbocycles. The minimum absolute atomic E-state index is 0.158. The molecule has 0 saturated heterocycles. The van der Waals surface area contributed by atoms with E-state index in [1.54, 1.807) is 6.20 Å². The van der Waals surface area contributed by atoms with Crippen molar-refractivity contribution in [2.24, 2.45) is 0 Å². The quantitative estimate of drug-likeness (QED) is 0.477. The Morgan fingerprint density at radius 2 is 2.00 bits per heavy atom. The maximum absolute atomic E-state index is 12.4. The first-order valence-electron chi connectivity index (χ1n) is 8.74. The number of nitrogens with zero attached hydrogens (tertiary/aromatic N) is 3. The highest BCUT2D eigenvalue weighted by Crippen LogP contribution is 2.31.